The van der Waals surface area contributed by atoms with E-state index in [0.29, 0.717) is 19.5 Å². The van der Waals surface area contributed by atoms with Crippen molar-refractivity contribution in [1.82, 2.24) is 0 Å². The monoisotopic (exact) mass is 269 g/mol. The van der Waals surface area contributed by atoms with E-state index in [9.17, 15) is 13.2 Å². The van der Waals surface area contributed by atoms with Crippen molar-refractivity contribution < 1.29 is 18.3 Å². The van der Waals surface area contributed by atoms with E-state index < -0.39 is 15.8 Å². The Kier molecular flexibility index (Phi) is 3.30. The summed E-state index contributed by atoms with van der Waals surface area (Å²) in [6.45, 7) is 1.17. The Morgan fingerprint density at radius 3 is 2.39 bits per heavy atom. The van der Waals surface area contributed by atoms with Crippen LogP contribution in [-0.4, -0.2) is 38.8 Å². The molecule has 0 bridgehead atoms. The van der Waals surface area contributed by atoms with Gasteiger partial charge in [0.25, 0.3) is 0 Å². The molecule has 1 aliphatic heterocycles. The summed E-state index contributed by atoms with van der Waals surface area (Å²) in [6.07, 6.45) is 1.79. The molecule has 1 N–H and O–H groups in total. The third-order valence-corrected chi connectivity index (χ3v) is 4.30. The largest absolute Gasteiger partial charge is 0.481 e. The number of rotatable bonds is 3. The topological polar surface area (TPSA) is 74.7 Å². The molecule has 0 aliphatic carbocycles. The van der Waals surface area contributed by atoms with Crippen LogP contribution < -0.4 is 4.90 Å². The first kappa shape index (κ1) is 12.9. The smallest absolute Gasteiger partial charge is 0.308 e. The SMILES string of the molecule is CS(=O)(=O)c1ccc(N2CCC(C(=O)O)C2)cc1. The molecule has 2 rings (SSSR count). The van der Waals surface area contributed by atoms with Gasteiger partial charge in [-0.1, -0.05) is 0 Å². The second-order valence-electron chi connectivity index (χ2n) is 4.54. The molecule has 0 saturated carbocycles. The maximum atomic E-state index is 11.3. The summed E-state index contributed by atoms with van der Waals surface area (Å²) in [5.41, 5.74) is 0.867. The van der Waals surface area contributed by atoms with Gasteiger partial charge in [0.05, 0.1) is 10.8 Å². The van der Waals surface area contributed by atoms with Crippen LogP contribution in [0.2, 0.25) is 0 Å². The molecule has 0 amide bonds. The van der Waals surface area contributed by atoms with Crippen LogP contribution >= 0.6 is 0 Å². The molecular weight excluding hydrogens is 254 g/mol. The number of aliphatic carboxylic acids is 1. The number of benzene rings is 1. The standard InChI is InChI=1S/C12H15NO4S/c1-18(16,17)11-4-2-10(3-5-11)13-7-6-9(8-13)12(14)15/h2-5,9H,6-8H2,1H3,(H,14,15). The molecule has 5 nitrogen and oxygen atoms in total. The van der Waals surface area contributed by atoms with Gasteiger partial charge in [0.15, 0.2) is 9.84 Å². The highest BCUT2D eigenvalue weighted by molar-refractivity contribution is 7.90. The van der Waals surface area contributed by atoms with Crippen LogP contribution in [0, 0.1) is 5.92 Å². The minimum atomic E-state index is -3.18. The fourth-order valence-corrected chi connectivity index (χ4v) is 2.73. The molecule has 1 heterocycles. The summed E-state index contributed by atoms with van der Waals surface area (Å²) >= 11 is 0. The molecule has 1 fully saturated rings. The van der Waals surface area contributed by atoms with E-state index in [0.717, 1.165) is 11.9 Å². The van der Waals surface area contributed by atoms with E-state index in [-0.39, 0.29) is 10.8 Å². The van der Waals surface area contributed by atoms with Gasteiger partial charge in [0, 0.05) is 25.0 Å². The number of hydrogen-bond acceptors (Lipinski definition) is 4. The average Bonchev–Trinajstić information content (AvgIpc) is 2.77. The number of hydrogen-bond donors (Lipinski definition) is 1. The van der Waals surface area contributed by atoms with Gasteiger partial charge in [-0.3, -0.25) is 4.79 Å². The average molecular weight is 269 g/mol. The molecule has 0 aromatic heterocycles. The van der Waals surface area contributed by atoms with Crippen molar-refractivity contribution in [3.8, 4) is 0 Å². The van der Waals surface area contributed by atoms with Gasteiger partial charge in [-0.15, -0.1) is 0 Å². The van der Waals surface area contributed by atoms with Gasteiger partial charge in [-0.25, -0.2) is 8.42 Å². The Balaban J connectivity index is 2.14. The lowest BCUT2D eigenvalue weighted by atomic mass is 10.1. The molecule has 1 aliphatic rings. The second kappa shape index (κ2) is 4.61. The predicted molar refractivity (Wildman–Crippen MR) is 67.5 cm³/mol. The number of nitrogens with zero attached hydrogens (tertiary/aromatic N) is 1. The molecule has 1 aromatic carbocycles. The molecule has 0 radical (unpaired) electrons. The van der Waals surface area contributed by atoms with E-state index in [2.05, 4.69) is 0 Å². The van der Waals surface area contributed by atoms with Gasteiger partial charge in [-0.05, 0) is 30.7 Å². The summed E-state index contributed by atoms with van der Waals surface area (Å²) in [5.74, 6) is -1.11. The first-order valence-electron chi connectivity index (χ1n) is 5.66. The van der Waals surface area contributed by atoms with Crippen LogP contribution in [0.4, 0.5) is 5.69 Å². The van der Waals surface area contributed by atoms with Crippen molar-refractivity contribution in [2.45, 2.75) is 11.3 Å². The Bertz CT molecular complexity index is 550. The van der Waals surface area contributed by atoms with Crippen molar-refractivity contribution in [2.75, 3.05) is 24.2 Å². The first-order chi connectivity index (χ1) is 8.38. The van der Waals surface area contributed by atoms with E-state index in [1.807, 2.05) is 4.90 Å². The fraction of sp³-hybridized carbons (Fsp3) is 0.417. The summed E-state index contributed by atoms with van der Waals surface area (Å²) in [4.78, 5) is 13.1. The zero-order valence-electron chi connectivity index (χ0n) is 10.0. The molecule has 1 unspecified atom stereocenters. The first-order valence-corrected chi connectivity index (χ1v) is 7.55. The predicted octanol–water partition coefficient (Wildman–Crippen LogP) is 1.00. The lowest BCUT2D eigenvalue weighted by molar-refractivity contribution is -0.140. The zero-order chi connectivity index (χ0) is 13.3. The van der Waals surface area contributed by atoms with Gasteiger partial charge in [0.2, 0.25) is 0 Å². The molecule has 1 aromatic rings. The van der Waals surface area contributed by atoms with Crippen molar-refractivity contribution in [2.24, 2.45) is 5.92 Å². The van der Waals surface area contributed by atoms with E-state index >= 15 is 0 Å². The number of carbonyl (C=O) groups is 1. The van der Waals surface area contributed by atoms with Crippen LogP contribution in [0.15, 0.2) is 29.2 Å². The van der Waals surface area contributed by atoms with E-state index in [1.54, 1.807) is 24.3 Å². The Labute approximate surface area is 106 Å². The lowest BCUT2D eigenvalue weighted by Gasteiger charge is -2.18. The number of sulfone groups is 1. The lowest BCUT2D eigenvalue weighted by Crippen LogP contribution is -2.22. The molecular formula is C12H15NO4S. The Morgan fingerprint density at radius 1 is 1.33 bits per heavy atom. The second-order valence-corrected chi connectivity index (χ2v) is 6.55. The van der Waals surface area contributed by atoms with Crippen molar-refractivity contribution >= 4 is 21.5 Å². The molecule has 1 saturated heterocycles. The Hall–Kier alpha value is -1.56. The molecule has 1 atom stereocenters. The Morgan fingerprint density at radius 2 is 1.94 bits per heavy atom. The molecule has 6 heteroatoms. The maximum absolute atomic E-state index is 11.3. The summed E-state index contributed by atoms with van der Waals surface area (Å²) < 4.78 is 22.6. The molecule has 0 spiro atoms. The van der Waals surface area contributed by atoms with Gasteiger partial charge >= 0.3 is 5.97 Å². The fourth-order valence-electron chi connectivity index (χ4n) is 2.10. The quantitative estimate of drug-likeness (QED) is 0.886. The summed E-state index contributed by atoms with van der Waals surface area (Å²) in [7, 11) is -3.18. The maximum Gasteiger partial charge on any atom is 0.308 e. The van der Waals surface area contributed by atoms with Crippen LogP contribution in [0.25, 0.3) is 0 Å². The van der Waals surface area contributed by atoms with Gasteiger partial charge < -0.3 is 10.0 Å². The zero-order valence-corrected chi connectivity index (χ0v) is 10.9. The van der Waals surface area contributed by atoms with Gasteiger partial charge in [0.1, 0.15) is 0 Å². The number of anilines is 1. The third kappa shape index (κ3) is 2.64. The van der Waals surface area contributed by atoms with Crippen molar-refractivity contribution in [3.05, 3.63) is 24.3 Å². The highest BCUT2D eigenvalue weighted by Gasteiger charge is 2.28. The summed E-state index contributed by atoms with van der Waals surface area (Å²) in [6, 6.07) is 6.55. The van der Waals surface area contributed by atoms with Gasteiger partial charge in [-0.2, -0.15) is 0 Å². The number of carboxylic acid groups (broad SMARTS) is 1. The van der Waals surface area contributed by atoms with E-state index in [1.165, 1.54) is 0 Å². The minimum Gasteiger partial charge on any atom is -0.481 e. The third-order valence-electron chi connectivity index (χ3n) is 3.17. The van der Waals surface area contributed by atoms with E-state index in [4.69, 9.17) is 5.11 Å². The van der Waals surface area contributed by atoms with Crippen LogP contribution in [0.1, 0.15) is 6.42 Å². The number of carboxylic acids is 1. The van der Waals surface area contributed by atoms with Crippen LogP contribution in [0.3, 0.4) is 0 Å². The summed E-state index contributed by atoms with van der Waals surface area (Å²) in [5, 5.41) is 8.92. The van der Waals surface area contributed by atoms with Crippen LogP contribution in [-0.2, 0) is 14.6 Å². The highest BCUT2D eigenvalue weighted by atomic mass is 32.2. The normalized spacial score (nSPS) is 20.1. The van der Waals surface area contributed by atoms with Crippen LogP contribution in [0.5, 0.6) is 0 Å². The molecule has 98 valence electrons. The minimum absolute atomic E-state index is 0.278. The van der Waals surface area contributed by atoms with Crippen molar-refractivity contribution in [3.63, 3.8) is 0 Å². The molecule has 18 heavy (non-hydrogen) atoms. The highest BCUT2D eigenvalue weighted by Crippen LogP contribution is 2.25. The van der Waals surface area contributed by atoms with Crippen molar-refractivity contribution in [1.29, 1.82) is 0 Å².